The largest absolute Gasteiger partial charge is 0.398 e. The Morgan fingerprint density at radius 3 is 2.54 bits per heavy atom. The van der Waals surface area contributed by atoms with Gasteiger partial charge in [0, 0.05) is 11.4 Å². The van der Waals surface area contributed by atoms with Crippen LogP contribution in [0.15, 0.2) is 42.5 Å². The number of para-hydroxylation sites is 1. The molecule has 0 unspecified atom stereocenters. The highest BCUT2D eigenvalue weighted by atomic mass is 16.2. The van der Waals surface area contributed by atoms with Crippen molar-refractivity contribution in [1.29, 1.82) is 5.26 Å². The summed E-state index contributed by atoms with van der Waals surface area (Å²) >= 11 is 0. The second-order valence-electron chi connectivity index (χ2n) is 5.16. The average molecular weight is 320 g/mol. The van der Waals surface area contributed by atoms with E-state index in [9.17, 15) is 14.4 Å². The number of anilines is 2. The van der Waals surface area contributed by atoms with E-state index >= 15 is 0 Å². The van der Waals surface area contributed by atoms with Crippen molar-refractivity contribution >= 4 is 29.1 Å². The normalized spacial score (nSPS) is 12.7. The van der Waals surface area contributed by atoms with Crippen molar-refractivity contribution < 1.29 is 14.4 Å². The van der Waals surface area contributed by atoms with Gasteiger partial charge in [0.15, 0.2) is 0 Å². The molecule has 0 bridgehead atoms. The first-order chi connectivity index (χ1) is 11.5. The zero-order valence-corrected chi connectivity index (χ0v) is 12.4. The van der Waals surface area contributed by atoms with Crippen LogP contribution in [0.5, 0.6) is 0 Å². The van der Waals surface area contributed by atoms with Gasteiger partial charge in [0.2, 0.25) is 0 Å². The summed E-state index contributed by atoms with van der Waals surface area (Å²) in [7, 11) is 0. The SMILES string of the molecule is N#CCN1C(=O)c2ccc(NC(=O)c3ccccc3N)cc2C1=O. The highest BCUT2D eigenvalue weighted by Crippen LogP contribution is 2.26. The van der Waals surface area contributed by atoms with E-state index < -0.39 is 17.7 Å². The van der Waals surface area contributed by atoms with Gasteiger partial charge in [0.25, 0.3) is 17.7 Å². The number of fused-ring (bicyclic) bond motifs is 1. The number of rotatable bonds is 3. The average Bonchev–Trinajstić information content (AvgIpc) is 2.80. The van der Waals surface area contributed by atoms with E-state index in [0.29, 0.717) is 16.9 Å². The van der Waals surface area contributed by atoms with Crippen molar-refractivity contribution in [3.8, 4) is 6.07 Å². The van der Waals surface area contributed by atoms with Gasteiger partial charge in [0.05, 0.1) is 22.8 Å². The Bertz CT molecular complexity index is 914. The quantitative estimate of drug-likeness (QED) is 0.506. The van der Waals surface area contributed by atoms with Crippen LogP contribution in [0.3, 0.4) is 0 Å². The predicted molar refractivity (Wildman–Crippen MR) is 86.2 cm³/mol. The molecule has 7 heteroatoms. The van der Waals surface area contributed by atoms with E-state index in [0.717, 1.165) is 4.90 Å². The van der Waals surface area contributed by atoms with Crippen LogP contribution in [0, 0.1) is 11.3 Å². The Hall–Kier alpha value is -3.66. The molecule has 0 spiro atoms. The van der Waals surface area contributed by atoms with Gasteiger partial charge in [-0.1, -0.05) is 12.1 Å². The van der Waals surface area contributed by atoms with E-state index in [1.54, 1.807) is 30.3 Å². The molecule has 0 atom stereocenters. The molecule has 2 aromatic rings. The number of benzene rings is 2. The maximum absolute atomic E-state index is 12.3. The van der Waals surface area contributed by atoms with Crippen LogP contribution in [0.2, 0.25) is 0 Å². The molecule has 2 aromatic carbocycles. The molecule has 0 saturated carbocycles. The maximum atomic E-state index is 12.3. The molecule has 7 nitrogen and oxygen atoms in total. The van der Waals surface area contributed by atoms with E-state index in [2.05, 4.69) is 5.32 Å². The van der Waals surface area contributed by atoms with Crippen molar-refractivity contribution in [2.45, 2.75) is 0 Å². The van der Waals surface area contributed by atoms with Crippen LogP contribution in [0.1, 0.15) is 31.1 Å². The fourth-order valence-electron chi connectivity index (χ4n) is 2.49. The first-order valence-electron chi connectivity index (χ1n) is 7.06. The first-order valence-corrected chi connectivity index (χ1v) is 7.06. The molecular formula is C17H12N4O3. The van der Waals surface area contributed by atoms with Gasteiger partial charge in [-0.3, -0.25) is 19.3 Å². The minimum atomic E-state index is -0.549. The zero-order valence-electron chi connectivity index (χ0n) is 12.4. The number of amides is 3. The van der Waals surface area contributed by atoms with E-state index in [1.165, 1.54) is 18.2 Å². The predicted octanol–water partition coefficient (Wildman–Crippen LogP) is 1.64. The van der Waals surface area contributed by atoms with Gasteiger partial charge in [-0.25, -0.2) is 0 Å². The molecule has 0 saturated heterocycles. The second-order valence-corrected chi connectivity index (χ2v) is 5.16. The molecule has 0 radical (unpaired) electrons. The van der Waals surface area contributed by atoms with E-state index in [1.807, 2.05) is 0 Å². The number of hydrogen-bond donors (Lipinski definition) is 2. The van der Waals surface area contributed by atoms with Crippen LogP contribution < -0.4 is 11.1 Å². The summed E-state index contributed by atoms with van der Waals surface area (Å²) in [6, 6.07) is 12.8. The number of carbonyl (C=O) groups excluding carboxylic acids is 3. The van der Waals surface area contributed by atoms with Crippen LogP contribution >= 0.6 is 0 Å². The number of hydrogen-bond acceptors (Lipinski definition) is 5. The van der Waals surface area contributed by atoms with E-state index in [-0.39, 0.29) is 17.7 Å². The Kier molecular flexibility index (Phi) is 3.72. The third-order valence-electron chi connectivity index (χ3n) is 3.66. The lowest BCUT2D eigenvalue weighted by atomic mass is 10.1. The summed E-state index contributed by atoms with van der Waals surface area (Å²) in [6.07, 6.45) is 0. The standard InChI is InChI=1S/C17H12N4O3/c18-7-8-21-16(23)11-6-5-10(9-13(11)17(21)24)20-15(22)12-3-1-2-4-14(12)19/h1-6,9H,8,19H2,(H,20,22). The van der Waals surface area contributed by atoms with Gasteiger partial charge < -0.3 is 11.1 Å². The Morgan fingerprint density at radius 1 is 1.12 bits per heavy atom. The summed E-state index contributed by atoms with van der Waals surface area (Å²) in [6.45, 7) is -0.311. The third-order valence-corrected chi connectivity index (χ3v) is 3.66. The van der Waals surface area contributed by atoms with Crippen molar-refractivity contribution in [3.05, 3.63) is 59.2 Å². The number of nitrogen functional groups attached to an aromatic ring is 1. The second kappa shape index (κ2) is 5.85. The monoisotopic (exact) mass is 320 g/mol. The van der Waals surface area contributed by atoms with Gasteiger partial charge >= 0.3 is 0 Å². The van der Waals surface area contributed by atoms with Crippen molar-refractivity contribution in [2.75, 3.05) is 17.6 Å². The van der Waals surface area contributed by atoms with Gasteiger partial charge in [-0.05, 0) is 30.3 Å². The molecule has 3 N–H and O–H groups in total. The Morgan fingerprint density at radius 2 is 1.83 bits per heavy atom. The minimum absolute atomic E-state index is 0.161. The van der Waals surface area contributed by atoms with Crippen LogP contribution in [0.4, 0.5) is 11.4 Å². The lowest BCUT2D eigenvalue weighted by Crippen LogP contribution is -2.29. The number of imide groups is 1. The van der Waals surface area contributed by atoms with Gasteiger partial charge in [-0.2, -0.15) is 5.26 Å². The number of nitriles is 1. The Balaban J connectivity index is 1.88. The highest BCUT2D eigenvalue weighted by Gasteiger charge is 2.35. The number of nitrogens with one attached hydrogen (secondary N) is 1. The summed E-state index contributed by atoms with van der Waals surface area (Å²) in [4.78, 5) is 37.3. The molecule has 0 aromatic heterocycles. The molecule has 1 aliphatic rings. The molecule has 1 aliphatic heterocycles. The zero-order chi connectivity index (χ0) is 17.3. The van der Waals surface area contributed by atoms with E-state index in [4.69, 9.17) is 11.0 Å². The summed E-state index contributed by atoms with van der Waals surface area (Å²) < 4.78 is 0. The van der Waals surface area contributed by atoms with Crippen molar-refractivity contribution in [2.24, 2.45) is 0 Å². The Labute approximate surface area is 137 Å². The van der Waals surface area contributed by atoms with Gasteiger partial charge in [-0.15, -0.1) is 0 Å². The molecule has 3 rings (SSSR count). The molecule has 24 heavy (non-hydrogen) atoms. The topological polar surface area (TPSA) is 116 Å². The lowest BCUT2D eigenvalue weighted by Gasteiger charge is -2.08. The summed E-state index contributed by atoms with van der Waals surface area (Å²) in [5.74, 6) is -1.48. The molecule has 0 aliphatic carbocycles. The molecule has 1 heterocycles. The maximum Gasteiger partial charge on any atom is 0.262 e. The molecular weight excluding hydrogens is 308 g/mol. The molecule has 118 valence electrons. The lowest BCUT2D eigenvalue weighted by molar-refractivity contribution is 0.0673. The minimum Gasteiger partial charge on any atom is -0.398 e. The first kappa shape index (κ1) is 15.2. The fraction of sp³-hybridized carbons (Fsp3) is 0.0588. The highest BCUT2D eigenvalue weighted by molar-refractivity contribution is 6.22. The van der Waals surface area contributed by atoms with Crippen LogP contribution in [0.25, 0.3) is 0 Å². The van der Waals surface area contributed by atoms with Crippen LogP contribution in [-0.4, -0.2) is 29.2 Å². The number of carbonyl (C=O) groups is 3. The fourth-order valence-corrected chi connectivity index (χ4v) is 2.49. The number of nitrogens with zero attached hydrogens (tertiary/aromatic N) is 2. The molecule has 3 amide bonds. The van der Waals surface area contributed by atoms with Crippen molar-refractivity contribution in [3.63, 3.8) is 0 Å². The molecule has 0 fully saturated rings. The summed E-state index contributed by atoms with van der Waals surface area (Å²) in [5, 5.41) is 11.3. The smallest absolute Gasteiger partial charge is 0.262 e. The summed E-state index contributed by atoms with van der Waals surface area (Å²) in [5.41, 5.74) is 7.15. The van der Waals surface area contributed by atoms with Gasteiger partial charge in [0.1, 0.15) is 6.54 Å². The van der Waals surface area contributed by atoms with Crippen molar-refractivity contribution in [1.82, 2.24) is 4.90 Å². The third kappa shape index (κ3) is 2.46. The number of nitrogens with two attached hydrogens (primary N) is 1. The van der Waals surface area contributed by atoms with Crippen LogP contribution in [-0.2, 0) is 0 Å².